The van der Waals surface area contributed by atoms with Gasteiger partial charge in [0.2, 0.25) is 0 Å². The van der Waals surface area contributed by atoms with E-state index >= 15 is 0 Å². The monoisotopic (exact) mass is 359 g/mol. The summed E-state index contributed by atoms with van der Waals surface area (Å²) in [5, 5.41) is 0.561. The van der Waals surface area contributed by atoms with Gasteiger partial charge in [-0.3, -0.25) is 4.79 Å². The van der Waals surface area contributed by atoms with Crippen molar-refractivity contribution in [3.05, 3.63) is 63.2 Å². The highest BCUT2D eigenvalue weighted by Crippen LogP contribution is 2.39. The van der Waals surface area contributed by atoms with Crippen LogP contribution in [0.3, 0.4) is 0 Å². The third-order valence-electron chi connectivity index (χ3n) is 4.40. The van der Waals surface area contributed by atoms with Crippen molar-refractivity contribution in [2.75, 3.05) is 11.4 Å². The van der Waals surface area contributed by atoms with Crippen LogP contribution in [-0.2, 0) is 6.42 Å². The van der Waals surface area contributed by atoms with Crippen molar-refractivity contribution in [1.82, 2.24) is 0 Å². The zero-order valence-corrected chi connectivity index (χ0v) is 14.7. The van der Waals surface area contributed by atoms with E-state index in [0.29, 0.717) is 21.5 Å². The van der Waals surface area contributed by atoms with Gasteiger partial charge in [-0.25, -0.2) is 4.39 Å². The number of nitrogens with zero attached hydrogens (tertiary/aromatic N) is 1. The molecule has 4 rings (SSSR count). The van der Waals surface area contributed by atoms with Gasteiger partial charge in [-0.05, 0) is 43.5 Å². The van der Waals surface area contributed by atoms with E-state index in [-0.39, 0.29) is 16.7 Å². The molecule has 2 heterocycles. The molecule has 0 unspecified atom stereocenters. The molecule has 122 valence electrons. The molecular formula is C19H15ClFNOS. The van der Waals surface area contributed by atoms with Gasteiger partial charge in [0.25, 0.3) is 5.91 Å². The summed E-state index contributed by atoms with van der Waals surface area (Å²) in [5.41, 5.74) is 3.30. The number of benzene rings is 2. The number of thiophene rings is 1. The summed E-state index contributed by atoms with van der Waals surface area (Å²) >= 11 is 7.61. The number of hydrogen-bond acceptors (Lipinski definition) is 2. The van der Waals surface area contributed by atoms with Crippen LogP contribution in [0.15, 0.2) is 36.4 Å². The lowest BCUT2D eigenvalue weighted by Crippen LogP contribution is -2.35. The number of carbonyl (C=O) groups excluding carboxylic acids is 1. The first kappa shape index (κ1) is 15.6. The Bertz CT molecular complexity index is 965. The maximum Gasteiger partial charge on any atom is 0.269 e. The van der Waals surface area contributed by atoms with Gasteiger partial charge in [0.1, 0.15) is 10.7 Å². The fourth-order valence-electron chi connectivity index (χ4n) is 3.27. The lowest BCUT2D eigenvalue weighted by molar-refractivity contribution is 0.0989. The van der Waals surface area contributed by atoms with Crippen LogP contribution in [0.4, 0.5) is 10.1 Å². The maximum atomic E-state index is 14.0. The average Bonchev–Trinajstić information content (AvgIpc) is 2.91. The minimum atomic E-state index is -0.387. The molecule has 0 bridgehead atoms. The number of anilines is 1. The fraction of sp³-hybridized carbons (Fsp3) is 0.211. The molecular weight excluding hydrogens is 345 g/mol. The van der Waals surface area contributed by atoms with Crippen LogP contribution in [0.5, 0.6) is 0 Å². The van der Waals surface area contributed by atoms with Crippen molar-refractivity contribution in [2.45, 2.75) is 19.8 Å². The average molecular weight is 360 g/mol. The second-order valence-corrected chi connectivity index (χ2v) is 7.48. The summed E-state index contributed by atoms with van der Waals surface area (Å²) in [6, 6.07) is 10.9. The lowest BCUT2D eigenvalue weighted by atomic mass is 9.99. The lowest BCUT2D eigenvalue weighted by Gasteiger charge is -2.29. The molecule has 0 N–H and O–H groups in total. The van der Waals surface area contributed by atoms with Crippen LogP contribution >= 0.6 is 22.9 Å². The number of aryl methyl sites for hydroxylation is 2. The first-order chi connectivity index (χ1) is 11.6. The van der Waals surface area contributed by atoms with Gasteiger partial charge in [-0.15, -0.1) is 11.3 Å². The highest BCUT2D eigenvalue weighted by molar-refractivity contribution is 7.21. The van der Waals surface area contributed by atoms with E-state index < -0.39 is 0 Å². The molecule has 1 aromatic heterocycles. The Labute approximate surface area is 148 Å². The number of rotatable bonds is 1. The molecule has 3 aromatic rings. The van der Waals surface area contributed by atoms with Crippen molar-refractivity contribution in [3.8, 4) is 0 Å². The third kappa shape index (κ3) is 2.41. The molecule has 0 aliphatic carbocycles. The van der Waals surface area contributed by atoms with Crippen LogP contribution in [0.2, 0.25) is 5.02 Å². The van der Waals surface area contributed by atoms with Crippen LogP contribution in [-0.4, -0.2) is 12.5 Å². The van der Waals surface area contributed by atoms with Crippen molar-refractivity contribution in [3.63, 3.8) is 0 Å². The van der Waals surface area contributed by atoms with Gasteiger partial charge >= 0.3 is 0 Å². The van der Waals surface area contributed by atoms with Gasteiger partial charge in [0.15, 0.2) is 0 Å². The molecule has 2 nitrogen and oxygen atoms in total. The molecule has 0 saturated heterocycles. The molecule has 0 saturated carbocycles. The SMILES string of the molecule is Cc1ccc2c(c1)CCCN2C(=O)c1sc2cccc(F)c2c1Cl. The molecule has 0 atom stereocenters. The summed E-state index contributed by atoms with van der Waals surface area (Å²) < 4.78 is 14.7. The van der Waals surface area contributed by atoms with Crippen molar-refractivity contribution in [1.29, 1.82) is 0 Å². The number of halogens is 2. The van der Waals surface area contributed by atoms with Crippen molar-refractivity contribution >= 4 is 44.6 Å². The molecule has 1 aliphatic rings. The van der Waals surface area contributed by atoms with Crippen LogP contribution in [0.1, 0.15) is 27.2 Å². The Morgan fingerprint density at radius 3 is 2.92 bits per heavy atom. The summed E-state index contributed by atoms with van der Waals surface area (Å²) in [6.45, 7) is 2.70. The van der Waals surface area contributed by atoms with E-state index in [9.17, 15) is 9.18 Å². The predicted molar refractivity (Wildman–Crippen MR) is 98.0 cm³/mol. The molecule has 0 spiro atoms. The van der Waals surface area contributed by atoms with Gasteiger partial charge < -0.3 is 4.90 Å². The fourth-order valence-corrected chi connectivity index (χ4v) is 4.77. The number of fused-ring (bicyclic) bond motifs is 2. The van der Waals surface area contributed by atoms with Gasteiger partial charge in [0.05, 0.1) is 5.02 Å². The van der Waals surface area contributed by atoms with E-state index in [0.717, 1.165) is 18.5 Å². The van der Waals surface area contributed by atoms with Gasteiger partial charge in [-0.1, -0.05) is 35.4 Å². The van der Waals surface area contributed by atoms with E-state index in [2.05, 4.69) is 6.07 Å². The molecule has 1 amide bonds. The largest absolute Gasteiger partial charge is 0.307 e. The Morgan fingerprint density at radius 1 is 1.29 bits per heavy atom. The first-order valence-corrected chi connectivity index (χ1v) is 9.03. The quantitative estimate of drug-likeness (QED) is 0.554. The smallest absolute Gasteiger partial charge is 0.269 e. The first-order valence-electron chi connectivity index (χ1n) is 7.84. The molecule has 1 aliphatic heterocycles. The summed E-state index contributed by atoms with van der Waals surface area (Å²) in [7, 11) is 0. The van der Waals surface area contributed by atoms with E-state index in [4.69, 9.17) is 11.6 Å². The minimum absolute atomic E-state index is 0.148. The zero-order valence-electron chi connectivity index (χ0n) is 13.1. The van der Waals surface area contributed by atoms with E-state index in [1.165, 1.54) is 28.5 Å². The Kier molecular flexibility index (Phi) is 3.82. The normalized spacial score (nSPS) is 14.0. The molecule has 0 radical (unpaired) electrons. The maximum absolute atomic E-state index is 14.0. The van der Waals surface area contributed by atoms with E-state index in [1.54, 1.807) is 17.0 Å². The highest BCUT2D eigenvalue weighted by atomic mass is 35.5. The molecule has 0 fully saturated rings. The summed E-state index contributed by atoms with van der Waals surface area (Å²) in [4.78, 5) is 15.3. The van der Waals surface area contributed by atoms with Crippen LogP contribution in [0.25, 0.3) is 10.1 Å². The molecule has 5 heteroatoms. The zero-order chi connectivity index (χ0) is 16.8. The second-order valence-electron chi connectivity index (χ2n) is 6.05. The third-order valence-corrected chi connectivity index (χ3v) is 6.03. The van der Waals surface area contributed by atoms with E-state index in [1.807, 2.05) is 19.1 Å². The molecule has 2 aromatic carbocycles. The highest BCUT2D eigenvalue weighted by Gasteiger charge is 2.28. The van der Waals surface area contributed by atoms with Crippen molar-refractivity contribution in [2.24, 2.45) is 0 Å². The molecule has 24 heavy (non-hydrogen) atoms. The minimum Gasteiger partial charge on any atom is -0.307 e. The van der Waals surface area contributed by atoms with Gasteiger partial charge in [-0.2, -0.15) is 0 Å². The summed E-state index contributed by atoms with van der Waals surface area (Å²) in [5.74, 6) is -0.534. The number of hydrogen-bond donors (Lipinski definition) is 0. The number of carbonyl (C=O) groups is 1. The standard InChI is InChI=1S/C19H15ClFNOS/c1-11-7-8-14-12(10-11)4-3-9-22(14)19(23)18-17(20)16-13(21)5-2-6-15(16)24-18/h2,5-8,10H,3-4,9H2,1H3. The summed E-state index contributed by atoms with van der Waals surface area (Å²) in [6.07, 6.45) is 1.88. The van der Waals surface area contributed by atoms with Crippen LogP contribution in [0, 0.1) is 12.7 Å². The Balaban J connectivity index is 1.81. The van der Waals surface area contributed by atoms with Crippen LogP contribution < -0.4 is 4.90 Å². The Hall–Kier alpha value is -1.91. The van der Waals surface area contributed by atoms with Crippen molar-refractivity contribution < 1.29 is 9.18 Å². The number of amides is 1. The second kappa shape index (κ2) is 5.87. The predicted octanol–water partition coefficient (Wildman–Crippen LogP) is 5.60. The van der Waals surface area contributed by atoms with Gasteiger partial charge in [0, 0.05) is 22.3 Å². The topological polar surface area (TPSA) is 20.3 Å². The Morgan fingerprint density at radius 2 is 2.12 bits per heavy atom.